The number of nitrogens with zero attached hydrogens (tertiary/aromatic N) is 4. The van der Waals surface area contributed by atoms with Crippen molar-refractivity contribution in [3.05, 3.63) is 48.5 Å². The van der Waals surface area contributed by atoms with Crippen molar-refractivity contribution in [2.75, 3.05) is 5.01 Å². The topological polar surface area (TPSA) is 52.3 Å². The summed E-state index contributed by atoms with van der Waals surface area (Å²) in [4.78, 5) is 3.97. The van der Waals surface area contributed by atoms with E-state index in [0.29, 0.717) is 11.4 Å². The summed E-state index contributed by atoms with van der Waals surface area (Å²) < 4.78 is 0. The quantitative estimate of drug-likeness (QED) is 0.688. The van der Waals surface area contributed by atoms with E-state index in [1.165, 1.54) is 0 Å². The minimum absolute atomic E-state index is 0.362. The van der Waals surface area contributed by atoms with E-state index in [2.05, 4.69) is 10.1 Å². The second kappa shape index (κ2) is 4.20. The molecule has 0 spiro atoms. The van der Waals surface area contributed by atoms with E-state index in [1.54, 1.807) is 35.8 Å². The molecule has 0 unspecified atom stereocenters. The molecule has 4 heteroatoms. The largest absolute Gasteiger partial charge is 0.243 e. The van der Waals surface area contributed by atoms with Gasteiger partial charge >= 0.3 is 0 Å². The highest BCUT2D eigenvalue weighted by Crippen LogP contribution is 2.18. The Hall–Kier alpha value is -2.41. The number of anilines is 1. The van der Waals surface area contributed by atoms with Crippen molar-refractivity contribution in [1.82, 2.24) is 4.98 Å². The van der Waals surface area contributed by atoms with E-state index in [0.717, 1.165) is 0 Å². The SMILES string of the molecule is N#Cc1ncccc1N1C=CC=CC=N1. The fourth-order valence-corrected chi connectivity index (χ4v) is 1.20. The maximum absolute atomic E-state index is 8.89. The summed E-state index contributed by atoms with van der Waals surface area (Å²) in [6.07, 6.45) is 10.6. The molecule has 0 bridgehead atoms. The molecule has 72 valence electrons. The van der Waals surface area contributed by atoms with Gasteiger partial charge in [0.2, 0.25) is 0 Å². The number of aromatic nitrogens is 1. The first-order valence-corrected chi connectivity index (χ1v) is 4.43. The van der Waals surface area contributed by atoms with Crippen molar-refractivity contribution in [1.29, 1.82) is 5.26 Å². The van der Waals surface area contributed by atoms with Crippen molar-refractivity contribution in [3.63, 3.8) is 0 Å². The van der Waals surface area contributed by atoms with E-state index in [9.17, 15) is 0 Å². The van der Waals surface area contributed by atoms with Crippen molar-refractivity contribution in [3.8, 4) is 6.07 Å². The minimum Gasteiger partial charge on any atom is -0.243 e. The molecule has 2 heterocycles. The molecular weight excluding hydrogens is 188 g/mol. The van der Waals surface area contributed by atoms with Gasteiger partial charge in [0, 0.05) is 18.6 Å². The summed E-state index contributed by atoms with van der Waals surface area (Å²) >= 11 is 0. The zero-order chi connectivity index (χ0) is 10.5. The molecule has 0 amide bonds. The van der Waals surface area contributed by atoms with Crippen LogP contribution in [0.1, 0.15) is 5.69 Å². The standard InChI is InChI=1S/C11H8N4/c12-9-10-11(5-4-6-13-10)15-8-3-1-2-7-14-15/h1-8H. The summed E-state index contributed by atoms with van der Waals surface area (Å²) in [5.41, 5.74) is 1.04. The zero-order valence-corrected chi connectivity index (χ0v) is 7.91. The minimum atomic E-state index is 0.362. The fourth-order valence-electron chi connectivity index (χ4n) is 1.20. The monoisotopic (exact) mass is 196 g/mol. The van der Waals surface area contributed by atoms with E-state index in [-0.39, 0.29) is 0 Å². The van der Waals surface area contributed by atoms with Gasteiger partial charge in [-0.25, -0.2) is 9.99 Å². The summed E-state index contributed by atoms with van der Waals surface area (Å²) in [5, 5.41) is 14.7. The molecule has 1 aliphatic heterocycles. The molecule has 2 rings (SSSR count). The van der Waals surface area contributed by atoms with E-state index < -0.39 is 0 Å². The number of allylic oxidation sites excluding steroid dienone is 3. The average molecular weight is 196 g/mol. The Morgan fingerprint density at radius 3 is 3.07 bits per heavy atom. The number of pyridine rings is 1. The van der Waals surface area contributed by atoms with Gasteiger partial charge in [-0.3, -0.25) is 0 Å². The predicted octanol–water partition coefficient (Wildman–Crippen LogP) is 1.83. The van der Waals surface area contributed by atoms with Gasteiger partial charge in [-0.15, -0.1) is 0 Å². The van der Waals surface area contributed by atoms with Gasteiger partial charge in [0.1, 0.15) is 11.8 Å². The van der Waals surface area contributed by atoms with Crippen LogP contribution in [-0.2, 0) is 0 Å². The molecule has 15 heavy (non-hydrogen) atoms. The normalized spacial score (nSPS) is 13.7. The average Bonchev–Trinajstić information content (AvgIpc) is 2.57. The van der Waals surface area contributed by atoms with Crippen LogP contribution < -0.4 is 5.01 Å². The van der Waals surface area contributed by atoms with Crippen LogP contribution in [0, 0.1) is 11.3 Å². The number of nitriles is 1. The molecule has 0 saturated carbocycles. The van der Waals surface area contributed by atoms with Gasteiger partial charge < -0.3 is 0 Å². The van der Waals surface area contributed by atoms with Crippen molar-refractivity contribution in [2.45, 2.75) is 0 Å². The predicted molar refractivity (Wildman–Crippen MR) is 58.2 cm³/mol. The van der Waals surface area contributed by atoms with Crippen molar-refractivity contribution < 1.29 is 0 Å². The maximum Gasteiger partial charge on any atom is 0.166 e. The summed E-state index contributed by atoms with van der Waals surface area (Å²) in [7, 11) is 0. The van der Waals surface area contributed by atoms with E-state index >= 15 is 0 Å². The van der Waals surface area contributed by atoms with Crippen LogP contribution in [0.15, 0.2) is 47.9 Å². The van der Waals surface area contributed by atoms with E-state index in [4.69, 9.17) is 5.26 Å². The second-order valence-corrected chi connectivity index (χ2v) is 2.82. The fraction of sp³-hybridized carbons (Fsp3) is 0. The van der Waals surface area contributed by atoms with Crippen LogP contribution in [0.2, 0.25) is 0 Å². The summed E-state index contributed by atoms with van der Waals surface area (Å²) in [6.45, 7) is 0. The van der Waals surface area contributed by atoms with Gasteiger partial charge in [0.05, 0.1) is 0 Å². The highest BCUT2D eigenvalue weighted by molar-refractivity contribution is 5.74. The van der Waals surface area contributed by atoms with Crippen molar-refractivity contribution >= 4 is 11.9 Å². The first-order valence-electron chi connectivity index (χ1n) is 4.43. The van der Waals surface area contributed by atoms with Gasteiger partial charge in [0.25, 0.3) is 0 Å². The third-order valence-electron chi connectivity index (χ3n) is 1.87. The molecule has 0 aliphatic carbocycles. The second-order valence-electron chi connectivity index (χ2n) is 2.82. The van der Waals surface area contributed by atoms with Crippen LogP contribution in [0.25, 0.3) is 0 Å². The molecule has 0 atom stereocenters. The number of hydrogen-bond donors (Lipinski definition) is 0. The molecule has 0 radical (unpaired) electrons. The summed E-state index contributed by atoms with van der Waals surface area (Å²) in [5.74, 6) is 0. The third kappa shape index (κ3) is 1.92. The Morgan fingerprint density at radius 2 is 2.20 bits per heavy atom. The molecule has 1 aliphatic rings. The molecule has 4 nitrogen and oxygen atoms in total. The zero-order valence-electron chi connectivity index (χ0n) is 7.91. The Morgan fingerprint density at radius 1 is 1.27 bits per heavy atom. The van der Waals surface area contributed by atoms with Gasteiger partial charge in [-0.05, 0) is 24.3 Å². The lowest BCUT2D eigenvalue weighted by Crippen LogP contribution is -2.09. The van der Waals surface area contributed by atoms with Crippen LogP contribution in [-0.4, -0.2) is 11.2 Å². The lowest BCUT2D eigenvalue weighted by molar-refractivity contribution is 1.06. The molecule has 0 N–H and O–H groups in total. The molecule has 1 aromatic rings. The molecule has 1 aromatic heterocycles. The van der Waals surface area contributed by atoms with Gasteiger partial charge in [-0.1, -0.05) is 6.08 Å². The smallest absolute Gasteiger partial charge is 0.166 e. The van der Waals surface area contributed by atoms with Crippen LogP contribution in [0.5, 0.6) is 0 Å². The highest BCUT2D eigenvalue weighted by atomic mass is 15.4. The number of rotatable bonds is 1. The van der Waals surface area contributed by atoms with Crippen LogP contribution >= 0.6 is 0 Å². The third-order valence-corrected chi connectivity index (χ3v) is 1.87. The first-order chi connectivity index (χ1) is 7.42. The number of hydrazone groups is 1. The molecule has 0 aromatic carbocycles. The highest BCUT2D eigenvalue weighted by Gasteiger charge is 2.07. The Bertz CT molecular complexity index is 464. The Kier molecular flexibility index (Phi) is 2.56. The van der Waals surface area contributed by atoms with Gasteiger partial charge in [-0.2, -0.15) is 10.4 Å². The van der Waals surface area contributed by atoms with Crippen LogP contribution in [0.3, 0.4) is 0 Å². The lowest BCUT2D eigenvalue weighted by Gasteiger charge is -2.13. The molecule has 0 fully saturated rings. The Balaban J connectivity index is 2.42. The number of hydrogen-bond acceptors (Lipinski definition) is 4. The molecular formula is C11H8N4. The summed E-state index contributed by atoms with van der Waals surface area (Å²) in [6, 6.07) is 5.61. The Labute approximate surface area is 87.5 Å². The lowest BCUT2D eigenvalue weighted by atomic mass is 10.3. The van der Waals surface area contributed by atoms with Crippen LogP contribution in [0.4, 0.5) is 5.69 Å². The first kappa shape index (κ1) is 9.16. The maximum atomic E-state index is 8.89. The van der Waals surface area contributed by atoms with E-state index in [1.807, 2.05) is 24.3 Å². The van der Waals surface area contributed by atoms with Crippen molar-refractivity contribution in [2.24, 2.45) is 5.10 Å². The van der Waals surface area contributed by atoms with Gasteiger partial charge in [0.15, 0.2) is 5.69 Å². The molecule has 0 saturated heterocycles.